The Bertz CT molecular complexity index is 485. The van der Waals surface area contributed by atoms with E-state index < -0.39 is 11.5 Å². The third-order valence-corrected chi connectivity index (χ3v) is 3.76. The molecule has 0 amide bonds. The minimum Gasteiger partial charge on any atom is -0.490 e. The second-order valence-electron chi connectivity index (χ2n) is 5.64. The number of carboxylic acid groups (broad SMARTS) is 1. The predicted octanol–water partition coefficient (Wildman–Crippen LogP) is 2.18. The van der Waals surface area contributed by atoms with Gasteiger partial charge in [-0.3, -0.25) is 4.79 Å². The lowest BCUT2D eigenvalue weighted by molar-refractivity contribution is -0.145. The number of rotatable bonds is 5. The number of benzene rings is 1. The third-order valence-electron chi connectivity index (χ3n) is 3.76. The summed E-state index contributed by atoms with van der Waals surface area (Å²) in [5.74, 6) is -0.184. The highest BCUT2D eigenvalue weighted by molar-refractivity contribution is 5.79. The monoisotopic (exact) mass is 263 g/mol. The Balaban J connectivity index is 2.16. The molecule has 4 heteroatoms. The fourth-order valence-electron chi connectivity index (χ4n) is 2.54. The molecule has 1 unspecified atom stereocenters. The van der Waals surface area contributed by atoms with Gasteiger partial charge in [-0.05, 0) is 50.7 Å². The van der Waals surface area contributed by atoms with Crippen LogP contribution < -0.4 is 10.5 Å². The number of hydrogen-bond donors (Lipinski definition) is 2. The van der Waals surface area contributed by atoms with Crippen molar-refractivity contribution in [3.8, 4) is 5.75 Å². The average Bonchev–Trinajstić information content (AvgIpc) is 3.10. The van der Waals surface area contributed by atoms with Crippen LogP contribution in [0.4, 0.5) is 0 Å². The molecule has 4 nitrogen and oxygen atoms in total. The number of aryl methyl sites for hydroxylation is 3. The zero-order valence-electron chi connectivity index (χ0n) is 11.7. The molecule has 1 aliphatic carbocycles. The summed E-state index contributed by atoms with van der Waals surface area (Å²) in [5.41, 5.74) is 7.94. The van der Waals surface area contributed by atoms with Gasteiger partial charge in [0.05, 0.1) is 0 Å². The van der Waals surface area contributed by atoms with E-state index in [2.05, 4.69) is 0 Å². The molecule has 0 heterocycles. The van der Waals surface area contributed by atoms with Crippen molar-refractivity contribution in [1.29, 1.82) is 0 Å². The summed E-state index contributed by atoms with van der Waals surface area (Å²) in [7, 11) is 0. The van der Waals surface area contributed by atoms with E-state index in [0.29, 0.717) is 0 Å². The minimum absolute atomic E-state index is 0.0255. The lowest BCUT2D eigenvalue weighted by atomic mass is 9.96. The number of hydrogen-bond acceptors (Lipinski definition) is 3. The second-order valence-corrected chi connectivity index (χ2v) is 5.64. The van der Waals surface area contributed by atoms with Gasteiger partial charge in [0, 0.05) is 0 Å². The summed E-state index contributed by atoms with van der Waals surface area (Å²) in [6, 6.07) is 4.05. The molecular formula is C15H21NO3. The molecular weight excluding hydrogens is 242 g/mol. The Hall–Kier alpha value is -1.55. The fourth-order valence-corrected chi connectivity index (χ4v) is 2.54. The normalized spacial score (nSPS) is 17.9. The molecule has 0 aliphatic heterocycles. The van der Waals surface area contributed by atoms with Crippen molar-refractivity contribution >= 4 is 5.97 Å². The molecule has 0 saturated heterocycles. The van der Waals surface area contributed by atoms with Crippen LogP contribution in [0.1, 0.15) is 29.5 Å². The van der Waals surface area contributed by atoms with Crippen LogP contribution in [-0.2, 0) is 4.79 Å². The molecule has 2 rings (SSSR count). The number of nitrogens with two attached hydrogens (primary N) is 1. The molecule has 0 spiro atoms. The van der Waals surface area contributed by atoms with Crippen LogP contribution in [0.2, 0.25) is 0 Å². The van der Waals surface area contributed by atoms with Crippen molar-refractivity contribution in [2.75, 3.05) is 6.61 Å². The van der Waals surface area contributed by atoms with Crippen molar-refractivity contribution < 1.29 is 14.6 Å². The first kappa shape index (κ1) is 13.9. The number of carboxylic acids is 1. The van der Waals surface area contributed by atoms with Gasteiger partial charge in [-0.25, -0.2) is 0 Å². The highest BCUT2D eigenvalue weighted by Gasteiger charge is 2.49. The molecule has 1 atom stereocenters. The highest BCUT2D eigenvalue weighted by atomic mass is 16.5. The first-order valence-electron chi connectivity index (χ1n) is 6.57. The lowest BCUT2D eigenvalue weighted by Crippen LogP contribution is -2.54. The van der Waals surface area contributed by atoms with Gasteiger partial charge in [-0.15, -0.1) is 0 Å². The highest BCUT2D eigenvalue weighted by Crippen LogP contribution is 2.39. The lowest BCUT2D eigenvalue weighted by Gasteiger charge is -2.25. The first-order valence-corrected chi connectivity index (χ1v) is 6.57. The molecule has 1 aliphatic rings. The fraction of sp³-hybridized carbons (Fsp3) is 0.533. The SMILES string of the molecule is Cc1cc(C)c(OCC(N)(C(=O)O)C2CC2)c(C)c1. The van der Waals surface area contributed by atoms with Crippen LogP contribution in [0.3, 0.4) is 0 Å². The van der Waals surface area contributed by atoms with Gasteiger partial charge in [-0.2, -0.15) is 0 Å². The molecule has 1 fully saturated rings. The number of carbonyl (C=O) groups is 1. The summed E-state index contributed by atoms with van der Waals surface area (Å²) in [4.78, 5) is 11.3. The van der Waals surface area contributed by atoms with E-state index in [4.69, 9.17) is 10.5 Å². The van der Waals surface area contributed by atoms with Crippen LogP contribution in [0.5, 0.6) is 5.75 Å². The summed E-state index contributed by atoms with van der Waals surface area (Å²) >= 11 is 0. The van der Waals surface area contributed by atoms with E-state index in [1.807, 2.05) is 32.9 Å². The van der Waals surface area contributed by atoms with Crippen LogP contribution in [0, 0.1) is 26.7 Å². The van der Waals surface area contributed by atoms with Crippen molar-refractivity contribution in [2.45, 2.75) is 39.2 Å². The Morgan fingerprint density at radius 2 is 1.89 bits per heavy atom. The molecule has 1 aromatic carbocycles. The van der Waals surface area contributed by atoms with Crippen LogP contribution in [0.25, 0.3) is 0 Å². The van der Waals surface area contributed by atoms with E-state index in [9.17, 15) is 9.90 Å². The molecule has 1 saturated carbocycles. The van der Waals surface area contributed by atoms with Crippen molar-refractivity contribution in [1.82, 2.24) is 0 Å². The molecule has 0 aromatic heterocycles. The molecule has 1 aromatic rings. The van der Waals surface area contributed by atoms with Gasteiger partial charge >= 0.3 is 5.97 Å². The third kappa shape index (κ3) is 2.73. The Labute approximate surface area is 113 Å². The smallest absolute Gasteiger partial charge is 0.327 e. The van der Waals surface area contributed by atoms with Gasteiger partial charge < -0.3 is 15.6 Å². The molecule has 19 heavy (non-hydrogen) atoms. The van der Waals surface area contributed by atoms with E-state index in [0.717, 1.165) is 29.7 Å². The van der Waals surface area contributed by atoms with Gasteiger partial charge in [0.1, 0.15) is 12.4 Å². The predicted molar refractivity (Wildman–Crippen MR) is 73.4 cm³/mol. The summed E-state index contributed by atoms with van der Waals surface area (Å²) in [6.45, 7) is 5.98. The van der Waals surface area contributed by atoms with Crippen LogP contribution >= 0.6 is 0 Å². The Morgan fingerprint density at radius 3 is 2.32 bits per heavy atom. The van der Waals surface area contributed by atoms with Gasteiger partial charge in [0.25, 0.3) is 0 Å². The maximum Gasteiger partial charge on any atom is 0.327 e. The van der Waals surface area contributed by atoms with E-state index in [1.165, 1.54) is 5.56 Å². The summed E-state index contributed by atoms with van der Waals surface area (Å²) in [6.07, 6.45) is 1.75. The van der Waals surface area contributed by atoms with E-state index >= 15 is 0 Å². The van der Waals surface area contributed by atoms with Gasteiger partial charge in [0.2, 0.25) is 0 Å². The van der Waals surface area contributed by atoms with Gasteiger partial charge in [0.15, 0.2) is 5.54 Å². The summed E-state index contributed by atoms with van der Waals surface area (Å²) < 4.78 is 5.74. The maximum atomic E-state index is 11.3. The number of aliphatic carboxylic acids is 1. The molecule has 104 valence electrons. The zero-order chi connectivity index (χ0) is 14.2. The molecule has 3 N–H and O–H groups in total. The summed E-state index contributed by atoms with van der Waals surface area (Å²) in [5, 5.41) is 9.30. The van der Waals surface area contributed by atoms with Crippen molar-refractivity contribution in [2.24, 2.45) is 11.7 Å². The van der Waals surface area contributed by atoms with Crippen LogP contribution in [-0.4, -0.2) is 23.2 Å². The van der Waals surface area contributed by atoms with Crippen molar-refractivity contribution in [3.63, 3.8) is 0 Å². The van der Waals surface area contributed by atoms with Crippen LogP contribution in [0.15, 0.2) is 12.1 Å². The minimum atomic E-state index is -1.26. The quantitative estimate of drug-likeness (QED) is 0.854. The largest absolute Gasteiger partial charge is 0.490 e. The number of ether oxygens (including phenoxy) is 1. The second kappa shape index (κ2) is 4.85. The van der Waals surface area contributed by atoms with E-state index in [1.54, 1.807) is 0 Å². The zero-order valence-corrected chi connectivity index (χ0v) is 11.7. The molecule has 0 radical (unpaired) electrons. The first-order chi connectivity index (χ1) is 8.84. The maximum absolute atomic E-state index is 11.3. The van der Waals surface area contributed by atoms with Crippen molar-refractivity contribution in [3.05, 3.63) is 28.8 Å². The average molecular weight is 263 g/mol. The topological polar surface area (TPSA) is 72.5 Å². The Kier molecular flexibility index (Phi) is 3.54. The van der Waals surface area contributed by atoms with E-state index in [-0.39, 0.29) is 12.5 Å². The molecule has 0 bridgehead atoms. The van der Waals surface area contributed by atoms with Gasteiger partial charge in [-0.1, -0.05) is 17.7 Å². The Morgan fingerprint density at radius 1 is 1.37 bits per heavy atom. The standard InChI is InChI=1S/C15H21NO3/c1-9-6-10(2)13(11(3)7-9)19-8-15(16,14(17)18)12-4-5-12/h6-7,12H,4-5,8,16H2,1-3H3,(H,17,18).